The molecule has 0 saturated carbocycles. The van der Waals surface area contributed by atoms with Gasteiger partial charge in [0.15, 0.2) is 9.84 Å². The molecule has 0 heterocycles. The summed E-state index contributed by atoms with van der Waals surface area (Å²) in [5, 5.41) is 10.4. The van der Waals surface area contributed by atoms with Crippen LogP contribution in [0.3, 0.4) is 0 Å². The van der Waals surface area contributed by atoms with E-state index in [0.717, 1.165) is 30.7 Å². The standard InChI is InChI=1S/C14H12O6S2.C5H14N6/c15-14(16)10-21(17,18)11-6-8-13(9-7-11)22(19,20)12-4-2-1-3-5-12;6-4(7)10-2-1-3-11-5(8)9/h1-9H,10H2,(H,15,16);1-3H2,(H4,6,7,10)(H4,8,9,11)/p+1. The molecule has 0 aromatic heterocycles. The van der Waals surface area contributed by atoms with E-state index in [-0.39, 0.29) is 26.6 Å². The zero-order chi connectivity index (χ0) is 25.1. The first-order chi connectivity index (χ1) is 15.4. The minimum absolute atomic E-state index is 0.0777. The largest absolute Gasteiger partial charge is 0.549 e. The van der Waals surface area contributed by atoms with Gasteiger partial charge < -0.3 is 9.90 Å². The summed E-state index contributed by atoms with van der Waals surface area (Å²) in [7, 11) is -7.79. The van der Waals surface area contributed by atoms with Crippen molar-refractivity contribution in [3.05, 3.63) is 54.6 Å². The van der Waals surface area contributed by atoms with E-state index >= 15 is 0 Å². The molecule has 0 saturated heterocycles. The van der Waals surface area contributed by atoms with Gasteiger partial charge in [0.1, 0.15) is 0 Å². The highest BCUT2D eigenvalue weighted by molar-refractivity contribution is 7.92. The number of aliphatic carboxylic acids is 1. The van der Waals surface area contributed by atoms with Gasteiger partial charge in [0.2, 0.25) is 9.84 Å². The fraction of sp³-hybridized carbons (Fsp3) is 0.211. The fourth-order valence-electron chi connectivity index (χ4n) is 2.35. The zero-order valence-corrected chi connectivity index (χ0v) is 19.2. The average Bonchev–Trinajstić information content (AvgIpc) is 2.73. The van der Waals surface area contributed by atoms with Crippen LogP contribution in [0.2, 0.25) is 0 Å². The van der Waals surface area contributed by atoms with Crippen LogP contribution in [0.25, 0.3) is 0 Å². The van der Waals surface area contributed by atoms with Gasteiger partial charge in [0.25, 0.3) is 0 Å². The van der Waals surface area contributed by atoms with Crippen LogP contribution in [-0.4, -0.2) is 53.6 Å². The Kier molecular flexibility index (Phi) is 10.3. The Balaban J connectivity index is 0.000000420. The lowest BCUT2D eigenvalue weighted by Crippen LogP contribution is -2.82. The molecule has 0 aliphatic heterocycles. The van der Waals surface area contributed by atoms with Gasteiger partial charge in [0, 0.05) is 6.42 Å². The van der Waals surface area contributed by atoms with Crippen LogP contribution >= 0.6 is 0 Å². The second-order valence-corrected chi connectivity index (χ2v) is 10.5. The summed E-state index contributed by atoms with van der Waals surface area (Å²) < 4.78 is 48.0. The van der Waals surface area contributed by atoms with E-state index in [1.807, 2.05) is 0 Å². The van der Waals surface area contributed by atoms with E-state index in [1.165, 1.54) is 12.1 Å². The summed E-state index contributed by atoms with van der Waals surface area (Å²) in [6.07, 6.45) is 0.857. The summed E-state index contributed by atoms with van der Waals surface area (Å²) >= 11 is 0. The molecule has 0 spiro atoms. The molecular formula is C19H27N6O6S2+. The van der Waals surface area contributed by atoms with Crippen LogP contribution < -0.4 is 38.0 Å². The van der Waals surface area contributed by atoms with Crippen LogP contribution in [0, 0.1) is 0 Å². The lowest BCUT2D eigenvalue weighted by atomic mass is 10.4. The number of carbonyl (C=O) groups excluding carboxylic acids is 1. The number of rotatable bonds is 9. The third kappa shape index (κ3) is 9.57. The maximum absolute atomic E-state index is 12.3. The van der Waals surface area contributed by atoms with Gasteiger partial charge in [-0.3, -0.25) is 32.9 Å². The second kappa shape index (κ2) is 12.4. The van der Waals surface area contributed by atoms with E-state index in [0.29, 0.717) is 13.1 Å². The van der Waals surface area contributed by atoms with Crippen LogP contribution in [-0.2, 0) is 24.5 Å². The Bertz CT molecular complexity index is 1170. The van der Waals surface area contributed by atoms with E-state index in [4.69, 9.17) is 22.9 Å². The number of hydrogen-bond acceptors (Lipinski definition) is 6. The molecule has 0 aliphatic carbocycles. The summed E-state index contributed by atoms with van der Waals surface area (Å²) in [6, 6.07) is 12.1. The van der Waals surface area contributed by atoms with Crippen LogP contribution in [0.1, 0.15) is 6.42 Å². The topological polar surface area (TPSA) is 240 Å². The molecule has 180 valence electrons. The van der Waals surface area contributed by atoms with Crippen molar-refractivity contribution >= 4 is 37.6 Å². The monoisotopic (exact) mass is 499 g/mol. The average molecular weight is 500 g/mol. The van der Waals surface area contributed by atoms with Crippen molar-refractivity contribution in [2.24, 2.45) is 22.9 Å². The highest BCUT2D eigenvalue weighted by Crippen LogP contribution is 2.22. The first-order valence-corrected chi connectivity index (χ1v) is 12.6. The van der Waals surface area contributed by atoms with Crippen molar-refractivity contribution < 1.29 is 36.7 Å². The lowest BCUT2D eigenvalue weighted by molar-refractivity contribution is -0.492. The van der Waals surface area contributed by atoms with Gasteiger partial charge in [-0.2, -0.15) is 0 Å². The van der Waals surface area contributed by atoms with Crippen LogP contribution in [0.4, 0.5) is 0 Å². The number of nitrogens with one attached hydrogen (secondary N) is 2. The summed E-state index contributed by atoms with van der Waals surface area (Å²) in [5.74, 6) is -2.41. The van der Waals surface area contributed by atoms with Crippen molar-refractivity contribution in [1.82, 2.24) is 0 Å². The Hall–Kier alpha value is -3.65. The highest BCUT2D eigenvalue weighted by atomic mass is 32.2. The lowest BCUT2D eigenvalue weighted by Gasteiger charge is -2.07. The SMILES string of the molecule is NC(N)=[NH+]CCC[NH+]=C(N)N.O=C([O-])CS(=O)(=O)c1ccc(S(=O)(=O)c2ccccc2)cc1. The van der Waals surface area contributed by atoms with Gasteiger partial charge in [0.05, 0.1) is 39.5 Å². The predicted octanol–water partition coefficient (Wildman–Crippen LogP) is -5.87. The summed E-state index contributed by atoms with van der Waals surface area (Å²) in [4.78, 5) is 15.7. The number of sulfone groups is 2. The first-order valence-electron chi connectivity index (χ1n) is 9.42. The van der Waals surface area contributed by atoms with Crippen LogP contribution in [0.5, 0.6) is 0 Å². The third-order valence-electron chi connectivity index (χ3n) is 3.87. The Labute approximate surface area is 191 Å². The number of carboxylic acid groups (broad SMARTS) is 1. The molecule has 2 aromatic rings. The third-order valence-corrected chi connectivity index (χ3v) is 7.26. The molecule has 12 nitrogen and oxygen atoms in total. The van der Waals surface area contributed by atoms with Crippen molar-refractivity contribution in [3.63, 3.8) is 0 Å². The fourth-order valence-corrected chi connectivity index (χ4v) is 4.66. The van der Waals surface area contributed by atoms with E-state index < -0.39 is 31.4 Å². The molecule has 0 atom stereocenters. The summed E-state index contributed by atoms with van der Waals surface area (Å²) in [6.45, 7) is 1.42. The minimum Gasteiger partial charge on any atom is -0.549 e. The predicted molar refractivity (Wildman–Crippen MR) is 118 cm³/mol. The number of carboxylic acids is 1. The molecule has 2 aromatic carbocycles. The maximum atomic E-state index is 12.3. The number of guanidine groups is 2. The molecule has 0 radical (unpaired) electrons. The van der Waals surface area contributed by atoms with Gasteiger partial charge >= 0.3 is 11.9 Å². The first kappa shape index (κ1) is 27.4. The molecule has 0 amide bonds. The quantitative estimate of drug-likeness (QED) is 0.108. The molecular weight excluding hydrogens is 472 g/mol. The maximum Gasteiger partial charge on any atom is 0.338 e. The number of nitrogens with two attached hydrogens (primary N) is 4. The zero-order valence-electron chi connectivity index (χ0n) is 17.6. The number of benzene rings is 2. The highest BCUT2D eigenvalue weighted by Gasteiger charge is 2.19. The van der Waals surface area contributed by atoms with Gasteiger partial charge in [-0.05, 0) is 36.4 Å². The smallest absolute Gasteiger partial charge is 0.338 e. The molecule has 10 N–H and O–H groups in total. The number of carbonyl (C=O) groups is 1. The molecule has 0 unspecified atom stereocenters. The van der Waals surface area contributed by atoms with Crippen molar-refractivity contribution in [2.45, 2.75) is 21.1 Å². The molecule has 0 aliphatic rings. The Morgan fingerprint density at radius 1 is 0.727 bits per heavy atom. The van der Waals surface area contributed by atoms with E-state index in [9.17, 15) is 26.7 Å². The van der Waals surface area contributed by atoms with Crippen molar-refractivity contribution in [3.8, 4) is 0 Å². The molecule has 0 fully saturated rings. The minimum atomic E-state index is -4.04. The van der Waals surface area contributed by atoms with E-state index in [1.54, 1.807) is 18.2 Å². The normalized spacial score (nSPS) is 10.9. The molecule has 33 heavy (non-hydrogen) atoms. The molecule has 14 heteroatoms. The summed E-state index contributed by atoms with van der Waals surface area (Å²) in [5.41, 5.74) is 20.6. The number of hydrogen-bond donors (Lipinski definition) is 6. The second-order valence-electron chi connectivity index (χ2n) is 6.54. The molecule has 0 bridgehead atoms. The molecule has 2 rings (SSSR count). The van der Waals surface area contributed by atoms with Crippen molar-refractivity contribution in [2.75, 3.05) is 18.8 Å². The van der Waals surface area contributed by atoms with Crippen molar-refractivity contribution in [1.29, 1.82) is 0 Å². The van der Waals surface area contributed by atoms with Gasteiger partial charge in [-0.15, -0.1) is 0 Å². The van der Waals surface area contributed by atoms with Crippen LogP contribution in [0.15, 0.2) is 69.3 Å². The Morgan fingerprint density at radius 2 is 1.15 bits per heavy atom. The Morgan fingerprint density at radius 3 is 1.58 bits per heavy atom. The van der Waals surface area contributed by atoms with E-state index in [2.05, 4.69) is 9.98 Å². The van der Waals surface area contributed by atoms with Gasteiger partial charge in [-0.1, -0.05) is 18.2 Å². The van der Waals surface area contributed by atoms with Gasteiger partial charge in [-0.25, -0.2) is 16.8 Å².